The number of hydrogen-bond acceptors (Lipinski definition) is 4. The van der Waals surface area contributed by atoms with Crippen LogP contribution in [0.25, 0.3) is 0 Å². The molecule has 0 saturated heterocycles. The SMILES string of the molecule is CN=C(NCCc1cccs1)NCc1ccc(Oc2cccc(F)c2)nc1.I. The van der Waals surface area contributed by atoms with Crippen molar-refractivity contribution in [2.75, 3.05) is 13.6 Å². The number of thiophene rings is 1. The Hall–Kier alpha value is -2.20. The standard InChI is InChI=1S/C20H21FN4OS.HI/c1-22-20(23-10-9-18-6-3-11-27-18)25-14-15-7-8-19(24-13-15)26-17-5-2-4-16(21)12-17;/h2-8,11-13H,9-10,14H2,1H3,(H2,22,23,25);1H. The van der Waals surface area contributed by atoms with Crippen LogP contribution < -0.4 is 15.4 Å². The Bertz CT molecular complexity index is 872. The van der Waals surface area contributed by atoms with Crippen LogP contribution in [0.4, 0.5) is 4.39 Å². The lowest BCUT2D eigenvalue weighted by Crippen LogP contribution is -2.37. The fourth-order valence-electron chi connectivity index (χ4n) is 2.39. The molecule has 3 rings (SSSR count). The van der Waals surface area contributed by atoms with Gasteiger partial charge in [-0.1, -0.05) is 18.2 Å². The van der Waals surface area contributed by atoms with Crippen LogP contribution in [-0.4, -0.2) is 24.5 Å². The van der Waals surface area contributed by atoms with Gasteiger partial charge in [-0.3, -0.25) is 4.99 Å². The molecule has 0 saturated carbocycles. The molecule has 0 aliphatic rings. The number of aliphatic imine (C=N–C) groups is 1. The zero-order valence-corrected chi connectivity index (χ0v) is 18.5. The summed E-state index contributed by atoms with van der Waals surface area (Å²) in [5.41, 5.74) is 0.989. The summed E-state index contributed by atoms with van der Waals surface area (Å²) in [4.78, 5) is 9.82. The van der Waals surface area contributed by atoms with E-state index in [4.69, 9.17) is 4.74 Å². The van der Waals surface area contributed by atoms with E-state index in [9.17, 15) is 4.39 Å². The van der Waals surface area contributed by atoms with Crippen molar-refractivity contribution < 1.29 is 9.13 Å². The minimum Gasteiger partial charge on any atom is -0.439 e. The van der Waals surface area contributed by atoms with Crippen LogP contribution in [0.5, 0.6) is 11.6 Å². The maximum Gasteiger partial charge on any atom is 0.219 e. The van der Waals surface area contributed by atoms with Crippen LogP contribution in [0.15, 0.2) is 65.1 Å². The van der Waals surface area contributed by atoms with Gasteiger partial charge in [0.15, 0.2) is 5.96 Å². The number of pyridine rings is 1. The van der Waals surface area contributed by atoms with Gasteiger partial charge in [0.1, 0.15) is 11.6 Å². The predicted octanol–water partition coefficient (Wildman–Crippen LogP) is 4.60. The largest absolute Gasteiger partial charge is 0.439 e. The number of nitrogens with zero attached hydrogens (tertiary/aromatic N) is 2. The topological polar surface area (TPSA) is 58.5 Å². The number of nitrogens with one attached hydrogen (secondary N) is 2. The first kappa shape index (κ1) is 22.1. The molecule has 0 aliphatic carbocycles. The van der Waals surface area contributed by atoms with Crippen LogP contribution in [0, 0.1) is 5.82 Å². The summed E-state index contributed by atoms with van der Waals surface area (Å²) in [5.74, 6) is 1.24. The van der Waals surface area contributed by atoms with Crippen LogP contribution in [-0.2, 0) is 13.0 Å². The van der Waals surface area contributed by atoms with Crippen molar-refractivity contribution in [3.8, 4) is 11.6 Å². The zero-order chi connectivity index (χ0) is 18.9. The van der Waals surface area contributed by atoms with Crippen LogP contribution in [0.1, 0.15) is 10.4 Å². The summed E-state index contributed by atoms with van der Waals surface area (Å²) >= 11 is 1.75. The van der Waals surface area contributed by atoms with E-state index in [0.29, 0.717) is 18.2 Å². The second-order valence-corrected chi connectivity index (χ2v) is 6.78. The molecule has 2 heterocycles. The Balaban J connectivity index is 0.00000280. The fourth-order valence-corrected chi connectivity index (χ4v) is 3.10. The molecule has 148 valence electrons. The second kappa shape index (κ2) is 11.6. The summed E-state index contributed by atoms with van der Waals surface area (Å²) in [5, 5.41) is 8.63. The van der Waals surface area contributed by atoms with Gasteiger partial charge in [0.25, 0.3) is 0 Å². The number of ether oxygens (including phenoxy) is 1. The normalized spacial score (nSPS) is 10.9. The molecule has 3 aromatic rings. The number of aromatic nitrogens is 1. The quantitative estimate of drug-likeness (QED) is 0.276. The van der Waals surface area contributed by atoms with Gasteiger partial charge in [-0.05, 0) is 35.6 Å². The van der Waals surface area contributed by atoms with E-state index in [-0.39, 0.29) is 29.8 Å². The average molecular weight is 512 g/mol. The third-order valence-electron chi connectivity index (χ3n) is 3.74. The van der Waals surface area contributed by atoms with E-state index in [1.54, 1.807) is 42.8 Å². The molecule has 28 heavy (non-hydrogen) atoms. The third-order valence-corrected chi connectivity index (χ3v) is 4.68. The summed E-state index contributed by atoms with van der Waals surface area (Å²) in [6.45, 7) is 1.41. The molecule has 0 unspecified atom stereocenters. The van der Waals surface area contributed by atoms with Crippen molar-refractivity contribution in [2.45, 2.75) is 13.0 Å². The highest BCUT2D eigenvalue weighted by Gasteiger charge is 2.03. The van der Waals surface area contributed by atoms with Gasteiger partial charge >= 0.3 is 0 Å². The molecule has 5 nitrogen and oxygen atoms in total. The molecule has 1 aromatic carbocycles. The fraction of sp³-hybridized carbons (Fsp3) is 0.200. The first-order valence-electron chi connectivity index (χ1n) is 8.58. The van der Waals surface area contributed by atoms with Gasteiger partial charge < -0.3 is 15.4 Å². The van der Waals surface area contributed by atoms with Gasteiger partial charge in [-0.25, -0.2) is 9.37 Å². The molecule has 0 amide bonds. The Kier molecular flexibility index (Phi) is 9.15. The van der Waals surface area contributed by atoms with Crippen LogP contribution in [0.2, 0.25) is 0 Å². The highest BCUT2D eigenvalue weighted by molar-refractivity contribution is 14.0. The Morgan fingerprint density at radius 2 is 2.07 bits per heavy atom. The number of benzene rings is 1. The number of hydrogen-bond donors (Lipinski definition) is 2. The zero-order valence-electron chi connectivity index (χ0n) is 15.4. The van der Waals surface area contributed by atoms with Crippen molar-refractivity contribution in [3.05, 3.63) is 76.4 Å². The molecule has 0 fully saturated rings. The van der Waals surface area contributed by atoms with E-state index in [1.165, 1.54) is 17.0 Å². The molecule has 0 atom stereocenters. The minimum atomic E-state index is -0.341. The summed E-state index contributed by atoms with van der Waals surface area (Å²) in [6, 6.07) is 13.8. The van der Waals surface area contributed by atoms with Gasteiger partial charge in [0, 0.05) is 43.3 Å². The lowest BCUT2D eigenvalue weighted by Gasteiger charge is -2.12. The summed E-state index contributed by atoms with van der Waals surface area (Å²) in [7, 11) is 1.74. The van der Waals surface area contributed by atoms with E-state index in [2.05, 4.69) is 38.1 Å². The molecule has 0 radical (unpaired) electrons. The van der Waals surface area contributed by atoms with Gasteiger partial charge in [0.05, 0.1) is 0 Å². The molecular formula is C20H22FIN4OS. The van der Waals surface area contributed by atoms with Crippen LogP contribution in [0.3, 0.4) is 0 Å². The Morgan fingerprint density at radius 3 is 2.75 bits per heavy atom. The number of halogens is 2. The summed E-state index contributed by atoms with van der Waals surface area (Å²) in [6.07, 6.45) is 2.69. The highest BCUT2D eigenvalue weighted by atomic mass is 127. The van der Waals surface area contributed by atoms with Gasteiger partial charge in [0.2, 0.25) is 5.88 Å². The van der Waals surface area contributed by atoms with Gasteiger partial charge in [-0.2, -0.15) is 0 Å². The number of rotatable bonds is 7. The van der Waals surface area contributed by atoms with E-state index in [1.807, 2.05) is 6.07 Å². The second-order valence-electron chi connectivity index (χ2n) is 5.75. The minimum absolute atomic E-state index is 0. The maximum atomic E-state index is 13.2. The number of guanidine groups is 1. The predicted molar refractivity (Wildman–Crippen MR) is 122 cm³/mol. The van der Waals surface area contributed by atoms with E-state index >= 15 is 0 Å². The van der Waals surface area contributed by atoms with Crippen molar-refractivity contribution >= 4 is 41.3 Å². The van der Waals surface area contributed by atoms with Gasteiger partial charge in [-0.15, -0.1) is 35.3 Å². The maximum absolute atomic E-state index is 13.2. The Labute approximate surface area is 185 Å². The van der Waals surface area contributed by atoms with Crippen molar-refractivity contribution in [3.63, 3.8) is 0 Å². The summed E-state index contributed by atoms with van der Waals surface area (Å²) < 4.78 is 18.7. The molecule has 0 bridgehead atoms. The molecule has 8 heteroatoms. The van der Waals surface area contributed by atoms with Crippen molar-refractivity contribution in [1.82, 2.24) is 15.6 Å². The van der Waals surface area contributed by atoms with E-state index in [0.717, 1.165) is 24.5 Å². The molecule has 2 aromatic heterocycles. The van der Waals surface area contributed by atoms with Crippen molar-refractivity contribution in [1.29, 1.82) is 0 Å². The monoisotopic (exact) mass is 512 g/mol. The Morgan fingerprint density at radius 1 is 1.18 bits per heavy atom. The molecule has 2 N–H and O–H groups in total. The first-order chi connectivity index (χ1) is 13.2. The smallest absolute Gasteiger partial charge is 0.219 e. The lowest BCUT2D eigenvalue weighted by atomic mass is 10.3. The lowest BCUT2D eigenvalue weighted by molar-refractivity contribution is 0.457. The molecule has 0 spiro atoms. The molecular weight excluding hydrogens is 490 g/mol. The third kappa shape index (κ3) is 7.08. The van der Waals surface area contributed by atoms with Crippen molar-refractivity contribution in [2.24, 2.45) is 4.99 Å². The average Bonchev–Trinajstić information content (AvgIpc) is 3.19. The molecule has 0 aliphatic heterocycles. The van der Waals surface area contributed by atoms with Crippen LogP contribution >= 0.6 is 35.3 Å². The van der Waals surface area contributed by atoms with E-state index < -0.39 is 0 Å². The highest BCUT2D eigenvalue weighted by Crippen LogP contribution is 2.19. The first-order valence-corrected chi connectivity index (χ1v) is 9.46.